The van der Waals surface area contributed by atoms with E-state index < -0.39 is 24.0 Å². The molecule has 0 aromatic rings. The zero-order valence-electron chi connectivity index (χ0n) is 9.51. The minimum Gasteiger partial charge on any atom is -0.480 e. The SMILES string of the molecule is O=C1CC[C@@H](C(=O)O)N1.O=C1CC[C@@H](C(=O)O)N1. The number of carboxylic acid groups (broad SMARTS) is 2. The van der Waals surface area contributed by atoms with Crippen molar-refractivity contribution in [3.05, 3.63) is 0 Å². The van der Waals surface area contributed by atoms with Gasteiger partial charge in [0.1, 0.15) is 12.1 Å². The van der Waals surface area contributed by atoms with E-state index in [-0.39, 0.29) is 11.8 Å². The number of nitrogens with one attached hydrogen (secondary N) is 2. The molecule has 18 heavy (non-hydrogen) atoms. The molecule has 2 aliphatic heterocycles. The number of aliphatic carboxylic acids is 2. The number of carbonyl (C=O) groups excluding carboxylic acids is 2. The summed E-state index contributed by atoms with van der Waals surface area (Å²) in [5, 5.41) is 21.3. The molecule has 0 spiro atoms. The third kappa shape index (κ3) is 4.04. The molecule has 2 saturated heterocycles. The number of carbonyl (C=O) groups is 4. The number of rotatable bonds is 2. The monoisotopic (exact) mass is 258 g/mol. The molecule has 8 heteroatoms. The first-order valence-electron chi connectivity index (χ1n) is 5.44. The van der Waals surface area contributed by atoms with Crippen molar-refractivity contribution in [2.75, 3.05) is 0 Å². The Labute approximate surface area is 102 Å². The Morgan fingerprint density at radius 3 is 1.33 bits per heavy atom. The van der Waals surface area contributed by atoms with Gasteiger partial charge in [-0.2, -0.15) is 0 Å². The molecule has 0 aromatic carbocycles. The number of hydrogen-bond donors (Lipinski definition) is 4. The summed E-state index contributed by atoms with van der Waals surface area (Å²) < 4.78 is 0. The molecule has 0 aromatic heterocycles. The van der Waals surface area contributed by atoms with Gasteiger partial charge in [0, 0.05) is 12.8 Å². The summed E-state index contributed by atoms with van der Waals surface area (Å²) in [7, 11) is 0. The van der Waals surface area contributed by atoms with Crippen LogP contribution in [0.1, 0.15) is 25.7 Å². The van der Waals surface area contributed by atoms with Crippen LogP contribution in [-0.4, -0.2) is 46.0 Å². The number of amides is 2. The molecule has 2 aliphatic rings. The highest BCUT2D eigenvalue weighted by Crippen LogP contribution is 2.05. The predicted octanol–water partition coefficient (Wildman–Crippen LogP) is -1.30. The fraction of sp³-hybridized carbons (Fsp3) is 0.600. The average molecular weight is 258 g/mol. The molecular weight excluding hydrogens is 244 g/mol. The van der Waals surface area contributed by atoms with Crippen LogP contribution in [0.4, 0.5) is 0 Å². The first-order chi connectivity index (χ1) is 8.40. The van der Waals surface area contributed by atoms with Gasteiger partial charge >= 0.3 is 11.9 Å². The van der Waals surface area contributed by atoms with Gasteiger partial charge in [-0.3, -0.25) is 9.59 Å². The zero-order chi connectivity index (χ0) is 13.7. The molecule has 0 saturated carbocycles. The molecule has 0 bridgehead atoms. The summed E-state index contributed by atoms with van der Waals surface area (Å²) in [6.45, 7) is 0. The largest absolute Gasteiger partial charge is 0.480 e. The van der Waals surface area contributed by atoms with Gasteiger partial charge in [-0.1, -0.05) is 0 Å². The lowest BCUT2D eigenvalue weighted by Gasteiger charge is -1.99. The van der Waals surface area contributed by atoms with E-state index >= 15 is 0 Å². The van der Waals surface area contributed by atoms with Gasteiger partial charge in [0.25, 0.3) is 0 Å². The standard InChI is InChI=1S/2C5H7NO3/c2*7-4-2-1-3(6-4)5(8)9/h2*3H,1-2H2,(H,6,7)(H,8,9)/t2*3-/m00/s1. The Bertz CT molecular complexity index is 345. The Kier molecular flexibility index (Phi) is 4.64. The van der Waals surface area contributed by atoms with E-state index in [1.165, 1.54) is 0 Å². The molecule has 0 aliphatic carbocycles. The van der Waals surface area contributed by atoms with Gasteiger partial charge in [0.15, 0.2) is 0 Å². The third-order valence-electron chi connectivity index (χ3n) is 2.59. The topological polar surface area (TPSA) is 133 Å². The second kappa shape index (κ2) is 5.99. The molecule has 0 radical (unpaired) electrons. The Balaban J connectivity index is 0.000000180. The van der Waals surface area contributed by atoms with Gasteiger partial charge in [0.2, 0.25) is 11.8 Å². The molecule has 2 amide bonds. The van der Waals surface area contributed by atoms with Crippen LogP contribution in [0.25, 0.3) is 0 Å². The van der Waals surface area contributed by atoms with Crippen molar-refractivity contribution < 1.29 is 29.4 Å². The molecule has 100 valence electrons. The van der Waals surface area contributed by atoms with Crippen LogP contribution < -0.4 is 10.6 Å². The highest BCUT2D eigenvalue weighted by atomic mass is 16.4. The van der Waals surface area contributed by atoms with E-state index in [1.54, 1.807) is 0 Å². The van der Waals surface area contributed by atoms with Crippen LogP contribution in [0, 0.1) is 0 Å². The second-order valence-corrected chi connectivity index (χ2v) is 3.99. The molecule has 0 unspecified atom stereocenters. The summed E-state index contributed by atoms with van der Waals surface area (Å²) in [6.07, 6.45) is 1.54. The molecule has 2 heterocycles. The van der Waals surface area contributed by atoms with E-state index in [0.717, 1.165) is 0 Å². The van der Waals surface area contributed by atoms with Crippen LogP contribution in [0.5, 0.6) is 0 Å². The van der Waals surface area contributed by atoms with Gasteiger partial charge in [-0.25, -0.2) is 9.59 Å². The minimum absolute atomic E-state index is 0.164. The molecule has 2 fully saturated rings. The maximum Gasteiger partial charge on any atom is 0.326 e. The van der Waals surface area contributed by atoms with Crippen LogP contribution in [0.15, 0.2) is 0 Å². The van der Waals surface area contributed by atoms with Crippen LogP contribution >= 0.6 is 0 Å². The predicted molar refractivity (Wildman–Crippen MR) is 57.6 cm³/mol. The van der Waals surface area contributed by atoms with E-state index in [9.17, 15) is 19.2 Å². The summed E-state index contributed by atoms with van der Waals surface area (Å²) in [4.78, 5) is 41.0. The highest BCUT2D eigenvalue weighted by Gasteiger charge is 2.26. The Morgan fingerprint density at radius 1 is 0.889 bits per heavy atom. The van der Waals surface area contributed by atoms with Crippen molar-refractivity contribution in [1.82, 2.24) is 10.6 Å². The quantitative estimate of drug-likeness (QED) is 0.486. The number of carboxylic acids is 2. The fourth-order valence-electron chi connectivity index (χ4n) is 1.60. The molecular formula is C10H14N2O6. The fourth-order valence-corrected chi connectivity index (χ4v) is 1.60. The van der Waals surface area contributed by atoms with E-state index in [0.29, 0.717) is 25.7 Å². The lowest BCUT2D eigenvalue weighted by atomic mass is 10.2. The van der Waals surface area contributed by atoms with Gasteiger partial charge in [-0.15, -0.1) is 0 Å². The van der Waals surface area contributed by atoms with Gasteiger partial charge in [-0.05, 0) is 12.8 Å². The Morgan fingerprint density at radius 2 is 1.22 bits per heavy atom. The first kappa shape index (κ1) is 13.9. The molecule has 8 nitrogen and oxygen atoms in total. The van der Waals surface area contributed by atoms with Crippen molar-refractivity contribution in [3.63, 3.8) is 0 Å². The maximum absolute atomic E-state index is 10.4. The van der Waals surface area contributed by atoms with Crippen molar-refractivity contribution >= 4 is 23.8 Å². The summed E-state index contributed by atoms with van der Waals surface area (Å²) >= 11 is 0. The van der Waals surface area contributed by atoms with Crippen LogP contribution in [0.2, 0.25) is 0 Å². The lowest BCUT2D eigenvalue weighted by molar-refractivity contribution is -0.140. The second-order valence-electron chi connectivity index (χ2n) is 3.99. The van der Waals surface area contributed by atoms with Crippen LogP contribution in [0.3, 0.4) is 0 Å². The molecule has 2 atom stereocenters. The van der Waals surface area contributed by atoms with Crippen molar-refractivity contribution in [3.8, 4) is 0 Å². The summed E-state index contributed by atoms with van der Waals surface area (Å²) in [5.41, 5.74) is 0. The third-order valence-corrected chi connectivity index (χ3v) is 2.59. The van der Waals surface area contributed by atoms with Crippen molar-refractivity contribution in [2.45, 2.75) is 37.8 Å². The van der Waals surface area contributed by atoms with Crippen molar-refractivity contribution in [1.29, 1.82) is 0 Å². The Hall–Kier alpha value is -2.12. The van der Waals surface area contributed by atoms with E-state index in [2.05, 4.69) is 10.6 Å². The van der Waals surface area contributed by atoms with Gasteiger partial charge in [0.05, 0.1) is 0 Å². The average Bonchev–Trinajstić information content (AvgIpc) is 2.88. The van der Waals surface area contributed by atoms with E-state index in [4.69, 9.17) is 10.2 Å². The van der Waals surface area contributed by atoms with Crippen LogP contribution in [-0.2, 0) is 19.2 Å². The lowest BCUT2D eigenvalue weighted by Crippen LogP contribution is -2.32. The first-order valence-corrected chi connectivity index (χ1v) is 5.44. The summed E-state index contributed by atoms with van der Waals surface area (Å²) in [5.74, 6) is -2.22. The highest BCUT2D eigenvalue weighted by molar-refractivity contribution is 5.87. The molecule has 2 rings (SSSR count). The number of hydrogen-bond acceptors (Lipinski definition) is 4. The van der Waals surface area contributed by atoms with Crippen molar-refractivity contribution in [2.24, 2.45) is 0 Å². The summed E-state index contributed by atoms with van der Waals surface area (Å²) in [6, 6.07) is -1.28. The molecule has 4 N–H and O–H groups in total. The van der Waals surface area contributed by atoms with Gasteiger partial charge < -0.3 is 20.8 Å². The maximum atomic E-state index is 10.4. The van der Waals surface area contributed by atoms with E-state index in [1.807, 2.05) is 0 Å². The zero-order valence-corrected chi connectivity index (χ0v) is 9.51. The minimum atomic E-state index is -0.944. The smallest absolute Gasteiger partial charge is 0.326 e. The normalized spacial score (nSPS) is 25.8.